The molecular formula is C17H21ClN2O2. The zero-order valence-electron chi connectivity index (χ0n) is 12.8. The van der Waals surface area contributed by atoms with Crippen LogP contribution in [0.5, 0.6) is 0 Å². The number of halogens is 1. The van der Waals surface area contributed by atoms with E-state index < -0.39 is 5.72 Å². The number of benzene rings is 1. The number of hydrogen-bond donors (Lipinski definition) is 1. The quantitative estimate of drug-likeness (QED) is 0.900. The first kappa shape index (κ1) is 15.5. The molecule has 1 aromatic rings. The molecule has 1 amide bonds. The van der Waals surface area contributed by atoms with Crippen LogP contribution in [-0.4, -0.2) is 27.5 Å². The SMILES string of the molecule is CC1=NN(C(=O)c2cccc(Cl)c2)C(O)(C2CCCCC2)C1. The van der Waals surface area contributed by atoms with E-state index in [4.69, 9.17) is 11.6 Å². The number of carbonyl (C=O) groups excluding carboxylic acids is 1. The molecule has 1 atom stereocenters. The molecule has 0 radical (unpaired) electrons. The van der Waals surface area contributed by atoms with Crippen LogP contribution in [0, 0.1) is 5.92 Å². The lowest BCUT2D eigenvalue weighted by molar-refractivity contribution is -0.122. The summed E-state index contributed by atoms with van der Waals surface area (Å²) >= 11 is 5.97. The van der Waals surface area contributed by atoms with Crippen LogP contribution in [0.25, 0.3) is 0 Å². The summed E-state index contributed by atoms with van der Waals surface area (Å²) in [5, 5.41) is 17.3. The second-order valence-corrected chi connectivity index (χ2v) is 6.79. The summed E-state index contributed by atoms with van der Waals surface area (Å²) in [7, 11) is 0. The second kappa shape index (κ2) is 6.01. The van der Waals surface area contributed by atoms with E-state index in [0.717, 1.165) is 31.4 Å². The monoisotopic (exact) mass is 320 g/mol. The lowest BCUT2D eigenvalue weighted by Gasteiger charge is -2.40. The van der Waals surface area contributed by atoms with Gasteiger partial charge in [0.25, 0.3) is 5.91 Å². The maximum atomic E-state index is 12.8. The molecule has 1 fully saturated rings. The average molecular weight is 321 g/mol. The highest BCUT2D eigenvalue weighted by atomic mass is 35.5. The minimum absolute atomic E-state index is 0.0885. The molecule has 4 nitrogen and oxygen atoms in total. The Morgan fingerprint density at radius 3 is 2.77 bits per heavy atom. The van der Waals surface area contributed by atoms with Gasteiger partial charge in [-0.2, -0.15) is 10.1 Å². The van der Waals surface area contributed by atoms with Gasteiger partial charge in [0.15, 0.2) is 5.72 Å². The van der Waals surface area contributed by atoms with Gasteiger partial charge in [-0.05, 0) is 38.0 Å². The fourth-order valence-corrected chi connectivity index (χ4v) is 3.78. The van der Waals surface area contributed by atoms with Crippen molar-refractivity contribution in [3.8, 4) is 0 Å². The molecule has 118 valence electrons. The van der Waals surface area contributed by atoms with Gasteiger partial charge in [-0.15, -0.1) is 0 Å². The molecule has 2 aliphatic rings. The summed E-state index contributed by atoms with van der Waals surface area (Å²) < 4.78 is 0. The van der Waals surface area contributed by atoms with Crippen molar-refractivity contribution < 1.29 is 9.90 Å². The van der Waals surface area contributed by atoms with E-state index in [2.05, 4.69) is 5.10 Å². The third-order valence-electron chi connectivity index (χ3n) is 4.68. The Morgan fingerprint density at radius 2 is 2.09 bits per heavy atom. The molecule has 0 spiro atoms. The molecule has 1 aromatic carbocycles. The first-order valence-corrected chi connectivity index (χ1v) is 8.25. The van der Waals surface area contributed by atoms with Crippen LogP contribution >= 0.6 is 11.6 Å². The van der Waals surface area contributed by atoms with E-state index >= 15 is 0 Å². The van der Waals surface area contributed by atoms with Gasteiger partial charge in [0.1, 0.15) is 0 Å². The highest BCUT2D eigenvalue weighted by Crippen LogP contribution is 2.41. The number of hydrogen-bond acceptors (Lipinski definition) is 3. The zero-order chi connectivity index (χ0) is 15.7. The minimum Gasteiger partial charge on any atom is -0.368 e. The topological polar surface area (TPSA) is 52.9 Å². The Morgan fingerprint density at radius 1 is 1.36 bits per heavy atom. The van der Waals surface area contributed by atoms with Gasteiger partial charge in [-0.25, -0.2) is 0 Å². The third-order valence-corrected chi connectivity index (χ3v) is 4.91. The standard InChI is InChI=1S/C17H21ClN2O2/c1-12-11-17(22,14-7-3-2-4-8-14)20(19-12)16(21)13-6-5-9-15(18)10-13/h5-6,9-10,14,22H,2-4,7-8,11H2,1H3. The van der Waals surface area contributed by atoms with E-state index in [1.165, 1.54) is 11.4 Å². The largest absolute Gasteiger partial charge is 0.368 e. The Hall–Kier alpha value is -1.39. The first-order valence-electron chi connectivity index (χ1n) is 7.87. The minimum atomic E-state index is -1.19. The second-order valence-electron chi connectivity index (χ2n) is 6.35. The molecular weight excluding hydrogens is 300 g/mol. The number of hydrazone groups is 1. The van der Waals surface area contributed by atoms with Gasteiger partial charge in [-0.1, -0.05) is 36.9 Å². The molecule has 1 heterocycles. The first-order chi connectivity index (χ1) is 10.5. The van der Waals surface area contributed by atoms with Crippen molar-refractivity contribution in [3.63, 3.8) is 0 Å². The predicted octanol–water partition coefficient (Wildman–Crippen LogP) is 3.83. The van der Waals surface area contributed by atoms with Gasteiger partial charge in [0.05, 0.1) is 0 Å². The molecule has 1 saturated carbocycles. The fraction of sp³-hybridized carbons (Fsp3) is 0.529. The van der Waals surface area contributed by atoms with Crippen LogP contribution in [0.2, 0.25) is 5.02 Å². The smallest absolute Gasteiger partial charge is 0.276 e. The molecule has 5 heteroatoms. The molecule has 1 aliphatic heterocycles. The van der Waals surface area contributed by atoms with Crippen LogP contribution in [0.15, 0.2) is 29.4 Å². The maximum Gasteiger partial charge on any atom is 0.276 e. The maximum absolute atomic E-state index is 12.8. The average Bonchev–Trinajstić information content (AvgIpc) is 2.83. The molecule has 0 saturated heterocycles. The molecule has 0 aromatic heterocycles. The normalized spacial score (nSPS) is 26.1. The van der Waals surface area contributed by atoms with Gasteiger partial charge in [-0.3, -0.25) is 4.79 Å². The van der Waals surface area contributed by atoms with Crippen molar-refractivity contribution in [1.82, 2.24) is 5.01 Å². The van der Waals surface area contributed by atoms with Gasteiger partial charge < -0.3 is 5.11 Å². The lowest BCUT2D eigenvalue weighted by Crippen LogP contribution is -2.52. The van der Waals surface area contributed by atoms with Crippen LogP contribution in [0.1, 0.15) is 55.8 Å². The molecule has 0 bridgehead atoms. The van der Waals surface area contributed by atoms with Crippen molar-refractivity contribution in [3.05, 3.63) is 34.9 Å². The van der Waals surface area contributed by atoms with Crippen molar-refractivity contribution in [1.29, 1.82) is 0 Å². The van der Waals surface area contributed by atoms with Gasteiger partial charge >= 0.3 is 0 Å². The Balaban J connectivity index is 1.90. The summed E-state index contributed by atoms with van der Waals surface area (Å²) in [5.74, 6) is -0.196. The van der Waals surface area contributed by atoms with Crippen molar-refractivity contribution >= 4 is 23.2 Å². The third kappa shape index (κ3) is 2.77. The van der Waals surface area contributed by atoms with Gasteiger partial charge in [0.2, 0.25) is 0 Å². The van der Waals surface area contributed by atoms with Gasteiger partial charge in [0, 0.05) is 28.6 Å². The molecule has 3 rings (SSSR count). The Kier molecular flexibility index (Phi) is 4.24. The Labute approximate surface area is 135 Å². The van der Waals surface area contributed by atoms with Crippen LogP contribution in [0.4, 0.5) is 0 Å². The lowest BCUT2D eigenvalue weighted by atomic mass is 9.79. The number of aliphatic hydroxyl groups is 1. The number of carbonyl (C=O) groups is 1. The number of rotatable bonds is 2. The van der Waals surface area contributed by atoms with Crippen LogP contribution < -0.4 is 0 Å². The molecule has 1 aliphatic carbocycles. The van der Waals surface area contributed by atoms with Crippen molar-refractivity contribution in [2.24, 2.45) is 11.0 Å². The van der Waals surface area contributed by atoms with E-state index in [9.17, 15) is 9.90 Å². The molecule has 1 unspecified atom stereocenters. The molecule has 22 heavy (non-hydrogen) atoms. The van der Waals surface area contributed by atoms with Crippen molar-refractivity contribution in [2.75, 3.05) is 0 Å². The summed E-state index contributed by atoms with van der Waals surface area (Å²) in [6.07, 6.45) is 5.73. The van der Waals surface area contributed by atoms with E-state index in [1.54, 1.807) is 24.3 Å². The molecule has 1 N–H and O–H groups in total. The highest BCUT2D eigenvalue weighted by molar-refractivity contribution is 6.31. The summed E-state index contributed by atoms with van der Waals surface area (Å²) in [6, 6.07) is 6.79. The van der Waals surface area contributed by atoms with Crippen molar-refractivity contribution in [2.45, 2.75) is 51.2 Å². The Bertz CT molecular complexity index is 610. The fourth-order valence-electron chi connectivity index (χ4n) is 3.59. The predicted molar refractivity (Wildman–Crippen MR) is 86.9 cm³/mol. The van der Waals surface area contributed by atoms with Crippen LogP contribution in [-0.2, 0) is 0 Å². The van der Waals surface area contributed by atoms with Crippen LogP contribution in [0.3, 0.4) is 0 Å². The number of amides is 1. The summed E-state index contributed by atoms with van der Waals surface area (Å²) in [4.78, 5) is 12.8. The summed E-state index contributed by atoms with van der Waals surface area (Å²) in [5.41, 5.74) is 0.0628. The highest BCUT2D eigenvalue weighted by Gasteiger charge is 2.49. The summed E-state index contributed by atoms with van der Waals surface area (Å²) in [6.45, 7) is 1.86. The number of nitrogens with zero attached hydrogens (tertiary/aromatic N) is 2. The van der Waals surface area contributed by atoms with E-state index in [1.807, 2.05) is 6.92 Å². The van der Waals surface area contributed by atoms with E-state index in [-0.39, 0.29) is 11.8 Å². The zero-order valence-corrected chi connectivity index (χ0v) is 13.5. The van der Waals surface area contributed by atoms with E-state index in [0.29, 0.717) is 17.0 Å².